The largest absolute Gasteiger partial charge is 0.495 e. The molecule has 1 aromatic carbocycles. The van der Waals surface area contributed by atoms with Gasteiger partial charge in [-0.25, -0.2) is 0 Å². The van der Waals surface area contributed by atoms with Crippen molar-refractivity contribution >= 4 is 27.7 Å². The molecule has 1 aromatic heterocycles. The molecule has 21 heavy (non-hydrogen) atoms. The van der Waals surface area contributed by atoms with Gasteiger partial charge >= 0.3 is 5.69 Å². The molecule has 7 heteroatoms. The van der Waals surface area contributed by atoms with Crippen LogP contribution in [0.2, 0.25) is 0 Å². The van der Waals surface area contributed by atoms with Crippen molar-refractivity contribution in [3.63, 3.8) is 0 Å². The first-order chi connectivity index (χ1) is 9.95. The first-order valence-electron chi connectivity index (χ1n) is 6.28. The molecular weight excluding hydrogens is 292 g/mol. The lowest BCUT2D eigenvalue weighted by Crippen LogP contribution is -2.10. The topological polar surface area (TPSA) is 75.8 Å². The number of nitrogens with zero attached hydrogens (tertiary/aromatic N) is 2. The van der Waals surface area contributed by atoms with Crippen LogP contribution in [0.1, 0.15) is 17.9 Å². The van der Waals surface area contributed by atoms with Crippen molar-refractivity contribution in [2.24, 2.45) is 0 Å². The molecule has 0 fully saturated rings. The van der Waals surface area contributed by atoms with Gasteiger partial charge in [-0.1, -0.05) is 12.1 Å². The Labute approximate surface area is 126 Å². The molecule has 0 saturated heterocycles. The van der Waals surface area contributed by atoms with Gasteiger partial charge in [-0.2, -0.15) is 0 Å². The molecule has 1 N–H and O–H groups in total. The van der Waals surface area contributed by atoms with Crippen LogP contribution in [-0.2, 0) is 0 Å². The molecule has 0 aliphatic rings. The molecule has 0 saturated carbocycles. The number of hydrogen-bond donors (Lipinski definition) is 1. The van der Waals surface area contributed by atoms with Gasteiger partial charge in [0.2, 0.25) is 0 Å². The van der Waals surface area contributed by atoms with E-state index in [2.05, 4.69) is 0 Å². The highest BCUT2D eigenvalue weighted by atomic mass is 32.1. The van der Waals surface area contributed by atoms with Crippen LogP contribution in [0.3, 0.4) is 0 Å². The van der Waals surface area contributed by atoms with E-state index in [1.807, 2.05) is 18.2 Å². The minimum atomic E-state index is -0.742. The van der Waals surface area contributed by atoms with Crippen LogP contribution >= 0.6 is 11.3 Å². The average Bonchev–Trinajstić information content (AvgIpc) is 2.92. The molecule has 0 aliphatic carbocycles. The maximum atomic E-state index is 11.2. The third-order valence-electron chi connectivity index (χ3n) is 3.07. The highest BCUT2D eigenvalue weighted by Crippen LogP contribution is 2.44. The minimum absolute atomic E-state index is 0.0238. The lowest BCUT2D eigenvalue weighted by atomic mass is 10.2. The Morgan fingerprint density at radius 2 is 2.10 bits per heavy atom. The monoisotopic (exact) mass is 308 g/mol. The minimum Gasteiger partial charge on any atom is -0.495 e. The van der Waals surface area contributed by atoms with Crippen molar-refractivity contribution in [2.75, 3.05) is 19.1 Å². The second-order valence-corrected chi connectivity index (χ2v) is 5.57. The van der Waals surface area contributed by atoms with Crippen molar-refractivity contribution in [2.45, 2.75) is 13.0 Å². The van der Waals surface area contributed by atoms with E-state index in [-0.39, 0.29) is 5.69 Å². The Morgan fingerprint density at radius 1 is 1.43 bits per heavy atom. The SMILES string of the molecule is COc1ccccc1N(C)c1sc([C@H](C)O)cc1[N+](=O)[O-]. The highest BCUT2D eigenvalue weighted by Gasteiger charge is 2.25. The summed E-state index contributed by atoms with van der Waals surface area (Å²) in [6.45, 7) is 1.59. The Bertz CT molecular complexity index is 654. The second kappa shape index (κ2) is 6.11. The molecule has 2 rings (SSSR count). The first-order valence-corrected chi connectivity index (χ1v) is 7.10. The van der Waals surface area contributed by atoms with Crippen LogP contribution in [0.4, 0.5) is 16.4 Å². The summed E-state index contributed by atoms with van der Waals surface area (Å²) < 4.78 is 5.29. The summed E-state index contributed by atoms with van der Waals surface area (Å²) in [7, 11) is 3.29. The van der Waals surface area contributed by atoms with Gasteiger partial charge in [-0.15, -0.1) is 11.3 Å². The van der Waals surface area contributed by atoms with E-state index in [4.69, 9.17) is 4.74 Å². The predicted octanol–water partition coefficient (Wildman–Crippen LogP) is 3.49. The van der Waals surface area contributed by atoms with Crippen LogP contribution in [0.25, 0.3) is 0 Å². The van der Waals surface area contributed by atoms with E-state index in [1.165, 1.54) is 17.4 Å². The molecule has 0 spiro atoms. The van der Waals surface area contributed by atoms with Crippen molar-refractivity contribution < 1.29 is 14.8 Å². The Morgan fingerprint density at radius 3 is 2.67 bits per heavy atom. The molecule has 1 atom stereocenters. The molecule has 1 heterocycles. The van der Waals surface area contributed by atoms with E-state index >= 15 is 0 Å². The average molecular weight is 308 g/mol. The Balaban J connectivity index is 2.52. The van der Waals surface area contributed by atoms with Crippen LogP contribution < -0.4 is 9.64 Å². The zero-order valence-electron chi connectivity index (χ0n) is 11.9. The number of aliphatic hydroxyl groups excluding tert-OH is 1. The van der Waals surface area contributed by atoms with Gasteiger partial charge in [0.05, 0.1) is 23.8 Å². The summed E-state index contributed by atoms with van der Waals surface area (Å²) >= 11 is 1.20. The standard InChI is InChI=1S/C14H16N2O4S/c1-9(17)13-8-11(16(18)19)14(21-13)15(2)10-6-4-5-7-12(10)20-3/h4-9,17H,1-3H3/t9-/m0/s1. The fourth-order valence-electron chi connectivity index (χ4n) is 1.98. The molecular formula is C14H16N2O4S. The molecule has 0 radical (unpaired) electrons. The summed E-state index contributed by atoms with van der Waals surface area (Å²) in [5.74, 6) is 0.626. The summed E-state index contributed by atoms with van der Waals surface area (Å²) in [4.78, 5) is 13.0. The fraction of sp³-hybridized carbons (Fsp3) is 0.286. The second-order valence-electron chi connectivity index (χ2n) is 4.50. The lowest BCUT2D eigenvalue weighted by molar-refractivity contribution is -0.383. The lowest BCUT2D eigenvalue weighted by Gasteiger charge is -2.19. The molecule has 2 aromatic rings. The van der Waals surface area contributed by atoms with Gasteiger partial charge in [0.1, 0.15) is 5.75 Å². The van der Waals surface area contributed by atoms with Crippen LogP contribution in [0, 0.1) is 10.1 Å². The number of benzene rings is 1. The zero-order chi connectivity index (χ0) is 15.6. The zero-order valence-corrected chi connectivity index (χ0v) is 12.8. The molecule has 0 amide bonds. The normalized spacial score (nSPS) is 12.0. The maximum Gasteiger partial charge on any atom is 0.304 e. The molecule has 6 nitrogen and oxygen atoms in total. The van der Waals surface area contributed by atoms with E-state index in [0.29, 0.717) is 15.6 Å². The summed E-state index contributed by atoms with van der Waals surface area (Å²) in [6, 6.07) is 8.70. The van der Waals surface area contributed by atoms with E-state index < -0.39 is 11.0 Å². The molecule has 112 valence electrons. The van der Waals surface area contributed by atoms with Crippen LogP contribution in [0.15, 0.2) is 30.3 Å². The van der Waals surface area contributed by atoms with Gasteiger partial charge in [0.25, 0.3) is 0 Å². The number of thiophene rings is 1. The Kier molecular flexibility index (Phi) is 4.44. The third-order valence-corrected chi connectivity index (χ3v) is 4.44. The summed E-state index contributed by atoms with van der Waals surface area (Å²) in [5.41, 5.74) is 0.700. The number of ether oxygens (including phenoxy) is 1. The van der Waals surface area contributed by atoms with Gasteiger partial charge < -0.3 is 14.7 Å². The summed E-state index contributed by atoms with van der Waals surface area (Å²) in [6.07, 6.45) is -0.742. The van der Waals surface area contributed by atoms with E-state index in [9.17, 15) is 15.2 Å². The smallest absolute Gasteiger partial charge is 0.304 e. The van der Waals surface area contributed by atoms with Crippen LogP contribution in [0.5, 0.6) is 5.75 Å². The Hall–Kier alpha value is -2.12. The van der Waals surface area contributed by atoms with E-state index in [0.717, 1.165) is 5.69 Å². The fourth-order valence-corrected chi connectivity index (χ4v) is 3.02. The van der Waals surface area contributed by atoms with Crippen molar-refractivity contribution in [1.29, 1.82) is 0 Å². The number of nitro groups is 1. The van der Waals surface area contributed by atoms with Crippen LogP contribution in [-0.4, -0.2) is 24.2 Å². The quantitative estimate of drug-likeness (QED) is 0.676. The van der Waals surface area contributed by atoms with Gasteiger partial charge in [-0.05, 0) is 19.1 Å². The number of aliphatic hydroxyl groups is 1. The molecule has 0 bridgehead atoms. The number of methoxy groups -OCH3 is 1. The van der Waals surface area contributed by atoms with E-state index in [1.54, 1.807) is 32.0 Å². The number of hydrogen-bond acceptors (Lipinski definition) is 6. The van der Waals surface area contributed by atoms with Crippen molar-refractivity contribution in [3.05, 3.63) is 45.3 Å². The number of para-hydroxylation sites is 2. The third kappa shape index (κ3) is 2.98. The summed E-state index contributed by atoms with van der Waals surface area (Å²) in [5, 5.41) is 21.3. The first kappa shape index (κ1) is 15.3. The van der Waals surface area contributed by atoms with Crippen molar-refractivity contribution in [3.8, 4) is 5.75 Å². The van der Waals surface area contributed by atoms with Gasteiger partial charge in [0.15, 0.2) is 5.00 Å². The number of anilines is 2. The van der Waals surface area contributed by atoms with Crippen molar-refractivity contribution in [1.82, 2.24) is 0 Å². The maximum absolute atomic E-state index is 11.2. The highest BCUT2D eigenvalue weighted by molar-refractivity contribution is 7.16. The predicted molar refractivity (Wildman–Crippen MR) is 82.7 cm³/mol. The van der Waals surface area contributed by atoms with Gasteiger partial charge in [0, 0.05) is 18.0 Å². The number of rotatable bonds is 5. The molecule has 0 unspecified atom stereocenters. The molecule has 0 aliphatic heterocycles. The van der Waals surface area contributed by atoms with Gasteiger partial charge in [-0.3, -0.25) is 10.1 Å².